The highest BCUT2D eigenvalue weighted by Gasteiger charge is 2.21. The summed E-state index contributed by atoms with van der Waals surface area (Å²) in [4.78, 5) is 2.35. The molecule has 2 rings (SSSR count). The molecule has 106 valence electrons. The Balaban J connectivity index is 2.06. The highest BCUT2D eigenvalue weighted by atomic mass is 16.5. The van der Waals surface area contributed by atoms with E-state index in [1.54, 1.807) is 14.2 Å². The largest absolute Gasteiger partial charge is 0.497 e. The van der Waals surface area contributed by atoms with Crippen LogP contribution in [0.3, 0.4) is 0 Å². The van der Waals surface area contributed by atoms with Crippen molar-refractivity contribution < 1.29 is 14.6 Å². The molecule has 1 aliphatic rings. The quantitative estimate of drug-likeness (QED) is 0.887. The minimum absolute atomic E-state index is 0.302. The Kier molecular flexibility index (Phi) is 4.91. The first kappa shape index (κ1) is 14.0. The lowest BCUT2D eigenvalue weighted by Crippen LogP contribution is -2.34. The van der Waals surface area contributed by atoms with E-state index in [0.717, 1.165) is 49.5 Å². The summed E-state index contributed by atoms with van der Waals surface area (Å²) in [5.74, 6) is 2.33. The number of benzene rings is 1. The van der Waals surface area contributed by atoms with Gasteiger partial charge < -0.3 is 19.5 Å². The predicted molar refractivity (Wildman–Crippen MR) is 76.2 cm³/mol. The van der Waals surface area contributed by atoms with Crippen LogP contribution in [0.5, 0.6) is 11.5 Å². The van der Waals surface area contributed by atoms with E-state index in [-0.39, 0.29) is 0 Å². The zero-order valence-electron chi connectivity index (χ0n) is 11.8. The molecule has 19 heavy (non-hydrogen) atoms. The van der Waals surface area contributed by atoms with Gasteiger partial charge in [0.1, 0.15) is 11.5 Å². The van der Waals surface area contributed by atoms with Gasteiger partial charge in [-0.3, -0.25) is 0 Å². The molecule has 0 unspecified atom stereocenters. The van der Waals surface area contributed by atoms with E-state index < -0.39 is 0 Å². The second kappa shape index (κ2) is 6.66. The summed E-state index contributed by atoms with van der Waals surface area (Å²) in [5, 5.41) is 8.99. The lowest BCUT2D eigenvalue weighted by atomic mass is 9.93. The molecule has 1 aliphatic heterocycles. The molecular formula is C15H23NO3. The second-order valence-corrected chi connectivity index (χ2v) is 4.98. The number of piperidine rings is 1. The predicted octanol–water partition coefficient (Wildman–Crippen LogP) is 2.30. The van der Waals surface area contributed by atoms with Gasteiger partial charge in [-0.15, -0.1) is 0 Å². The summed E-state index contributed by atoms with van der Waals surface area (Å²) in [7, 11) is 3.35. The number of aliphatic hydroxyl groups is 1. The third-order valence-electron chi connectivity index (χ3n) is 3.88. The fourth-order valence-electron chi connectivity index (χ4n) is 2.69. The Morgan fingerprint density at radius 2 is 1.95 bits per heavy atom. The molecule has 1 N–H and O–H groups in total. The third kappa shape index (κ3) is 3.32. The van der Waals surface area contributed by atoms with Gasteiger partial charge in [-0.1, -0.05) is 0 Å². The number of hydrogen-bond donors (Lipinski definition) is 1. The van der Waals surface area contributed by atoms with E-state index in [9.17, 15) is 0 Å². The van der Waals surface area contributed by atoms with Crippen molar-refractivity contribution in [1.82, 2.24) is 0 Å². The van der Waals surface area contributed by atoms with Gasteiger partial charge in [-0.05, 0) is 37.3 Å². The summed E-state index contributed by atoms with van der Waals surface area (Å²) in [6.45, 7) is 2.34. The van der Waals surface area contributed by atoms with Gasteiger partial charge in [0.2, 0.25) is 0 Å². The standard InChI is InChI=1S/C15H23NO3/c1-18-13-3-4-14(15(11-13)19-2)16-8-5-12(6-9-16)7-10-17/h3-4,11-12,17H,5-10H2,1-2H3. The Morgan fingerprint density at radius 1 is 1.21 bits per heavy atom. The molecule has 0 atom stereocenters. The van der Waals surface area contributed by atoms with Gasteiger partial charge in [-0.2, -0.15) is 0 Å². The van der Waals surface area contributed by atoms with Crippen LogP contribution in [-0.2, 0) is 0 Å². The van der Waals surface area contributed by atoms with Crippen molar-refractivity contribution in [2.24, 2.45) is 5.92 Å². The zero-order chi connectivity index (χ0) is 13.7. The van der Waals surface area contributed by atoms with Crippen LogP contribution >= 0.6 is 0 Å². The van der Waals surface area contributed by atoms with Gasteiger partial charge in [0, 0.05) is 25.8 Å². The molecule has 1 fully saturated rings. The number of methoxy groups -OCH3 is 2. The van der Waals surface area contributed by atoms with Gasteiger partial charge in [0.05, 0.1) is 19.9 Å². The molecule has 1 aromatic rings. The topological polar surface area (TPSA) is 41.9 Å². The maximum absolute atomic E-state index is 8.99. The lowest BCUT2D eigenvalue weighted by molar-refractivity contribution is 0.240. The van der Waals surface area contributed by atoms with Crippen molar-refractivity contribution >= 4 is 5.69 Å². The molecule has 1 aromatic carbocycles. The van der Waals surface area contributed by atoms with Crippen molar-refractivity contribution in [3.05, 3.63) is 18.2 Å². The van der Waals surface area contributed by atoms with Crippen LogP contribution in [-0.4, -0.2) is 39.0 Å². The van der Waals surface area contributed by atoms with Crippen LogP contribution in [0, 0.1) is 5.92 Å². The fourth-order valence-corrected chi connectivity index (χ4v) is 2.69. The zero-order valence-corrected chi connectivity index (χ0v) is 11.8. The Hall–Kier alpha value is -1.42. The van der Waals surface area contributed by atoms with Crippen molar-refractivity contribution in [2.75, 3.05) is 38.8 Å². The average molecular weight is 265 g/mol. The first-order valence-electron chi connectivity index (χ1n) is 6.86. The maximum atomic E-state index is 8.99. The lowest BCUT2D eigenvalue weighted by Gasteiger charge is -2.34. The van der Waals surface area contributed by atoms with Crippen molar-refractivity contribution in [2.45, 2.75) is 19.3 Å². The van der Waals surface area contributed by atoms with Gasteiger partial charge >= 0.3 is 0 Å². The molecule has 0 aromatic heterocycles. The van der Waals surface area contributed by atoms with Crippen LogP contribution < -0.4 is 14.4 Å². The van der Waals surface area contributed by atoms with E-state index in [2.05, 4.69) is 11.0 Å². The van der Waals surface area contributed by atoms with Crippen molar-refractivity contribution in [3.8, 4) is 11.5 Å². The number of rotatable bonds is 5. The summed E-state index contributed by atoms with van der Waals surface area (Å²) in [6.07, 6.45) is 3.19. The summed E-state index contributed by atoms with van der Waals surface area (Å²) in [5.41, 5.74) is 1.13. The molecule has 1 heterocycles. The van der Waals surface area contributed by atoms with E-state index >= 15 is 0 Å². The Morgan fingerprint density at radius 3 is 2.53 bits per heavy atom. The summed E-state index contributed by atoms with van der Waals surface area (Å²) < 4.78 is 10.7. The Labute approximate surface area is 114 Å². The fraction of sp³-hybridized carbons (Fsp3) is 0.600. The highest BCUT2D eigenvalue weighted by molar-refractivity contribution is 5.61. The van der Waals surface area contributed by atoms with E-state index in [4.69, 9.17) is 14.6 Å². The van der Waals surface area contributed by atoms with E-state index in [0.29, 0.717) is 12.5 Å². The summed E-state index contributed by atoms with van der Waals surface area (Å²) >= 11 is 0. The molecule has 0 radical (unpaired) electrons. The van der Waals surface area contributed by atoms with Crippen molar-refractivity contribution in [1.29, 1.82) is 0 Å². The van der Waals surface area contributed by atoms with Crippen molar-refractivity contribution in [3.63, 3.8) is 0 Å². The number of nitrogens with zero attached hydrogens (tertiary/aromatic N) is 1. The third-order valence-corrected chi connectivity index (χ3v) is 3.88. The van der Waals surface area contributed by atoms with Gasteiger partial charge in [0.15, 0.2) is 0 Å². The maximum Gasteiger partial charge on any atom is 0.145 e. The monoisotopic (exact) mass is 265 g/mol. The first-order chi connectivity index (χ1) is 9.28. The molecule has 0 spiro atoms. The minimum atomic E-state index is 0.302. The summed E-state index contributed by atoms with van der Waals surface area (Å²) in [6, 6.07) is 5.96. The molecule has 0 amide bonds. The van der Waals surface area contributed by atoms with Gasteiger partial charge in [0.25, 0.3) is 0 Å². The highest BCUT2D eigenvalue weighted by Crippen LogP contribution is 2.34. The molecule has 4 nitrogen and oxygen atoms in total. The van der Waals surface area contributed by atoms with Crippen LogP contribution in [0.2, 0.25) is 0 Å². The number of hydrogen-bond acceptors (Lipinski definition) is 4. The van der Waals surface area contributed by atoms with Crippen LogP contribution in [0.1, 0.15) is 19.3 Å². The molecule has 0 bridgehead atoms. The smallest absolute Gasteiger partial charge is 0.145 e. The molecule has 4 heteroatoms. The van der Waals surface area contributed by atoms with Crippen LogP contribution in [0.4, 0.5) is 5.69 Å². The van der Waals surface area contributed by atoms with E-state index in [1.165, 1.54) is 0 Å². The molecule has 1 saturated heterocycles. The minimum Gasteiger partial charge on any atom is -0.497 e. The Bertz CT molecular complexity index is 400. The van der Waals surface area contributed by atoms with E-state index in [1.807, 2.05) is 12.1 Å². The second-order valence-electron chi connectivity index (χ2n) is 4.98. The van der Waals surface area contributed by atoms with Crippen LogP contribution in [0.25, 0.3) is 0 Å². The average Bonchev–Trinajstić information content (AvgIpc) is 2.48. The van der Waals surface area contributed by atoms with Crippen LogP contribution in [0.15, 0.2) is 18.2 Å². The van der Waals surface area contributed by atoms with Gasteiger partial charge in [-0.25, -0.2) is 0 Å². The molecular weight excluding hydrogens is 242 g/mol. The number of ether oxygens (including phenoxy) is 2. The number of anilines is 1. The normalized spacial score (nSPS) is 16.5. The first-order valence-corrected chi connectivity index (χ1v) is 6.86. The SMILES string of the molecule is COc1ccc(N2CCC(CCO)CC2)c(OC)c1. The molecule has 0 saturated carbocycles. The number of aliphatic hydroxyl groups excluding tert-OH is 1. The molecule has 0 aliphatic carbocycles.